The Morgan fingerprint density at radius 3 is 2.63 bits per heavy atom. The number of aromatic amines is 1. The number of ether oxygens (including phenoxy) is 3. The summed E-state index contributed by atoms with van der Waals surface area (Å²) in [6.45, 7) is 5.70. The predicted molar refractivity (Wildman–Crippen MR) is 138 cm³/mol. The molecule has 1 aromatic heterocycles. The molecule has 38 heavy (non-hydrogen) atoms. The lowest BCUT2D eigenvalue weighted by atomic mass is 9.87. The van der Waals surface area contributed by atoms with Crippen LogP contribution in [-0.2, 0) is 32.6 Å². The van der Waals surface area contributed by atoms with Gasteiger partial charge in [0.25, 0.3) is 5.56 Å². The number of H-pyrrole nitrogens is 1. The second-order valence-corrected chi connectivity index (χ2v) is 12.9. The molecular formula is C21H34FN2O11PS2. The number of nitrogens with zero attached hydrogens (tertiary/aromatic N) is 1. The molecule has 0 radical (unpaired) electrons. The Bertz CT molecular complexity index is 1070. The van der Waals surface area contributed by atoms with Crippen LogP contribution in [0.4, 0.5) is 4.39 Å². The molecule has 6 atom stereocenters. The first-order valence-electron chi connectivity index (χ1n) is 11.8. The largest absolute Gasteiger partial charge is 0.472 e. The van der Waals surface area contributed by atoms with Crippen molar-refractivity contribution in [1.29, 1.82) is 0 Å². The summed E-state index contributed by atoms with van der Waals surface area (Å²) < 4.78 is 55.0. The minimum absolute atomic E-state index is 0.0540. The summed E-state index contributed by atoms with van der Waals surface area (Å²) in [6.07, 6.45) is -6.03. The number of hydrogen-bond acceptors (Lipinski definition) is 12. The average Bonchev–Trinajstić information content (AvgIpc) is 3.15. The summed E-state index contributed by atoms with van der Waals surface area (Å²) in [5.74, 6) is -0.466. The molecule has 2 rings (SSSR count). The SMILES string of the molecule is CCOC(=O)C(CC)(COCSSC(C)C)COP(=O)(O)OC1[C@@H](CO)O[C@@H](n2ccc(=O)[nH]c2=O)[C@H]1F. The predicted octanol–water partition coefficient (Wildman–Crippen LogP) is 1.99. The number of rotatable bonds is 16. The van der Waals surface area contributed by atoms with E-state index >= 15 is 4.39 Å². The highest BCUT2D eigenvalue weighted by molar-refractivity contribution is 8.76. The highest BCUT2D eigenvalue weighted by Crippen LogP contribution is 2.50. The molecule has 17 heteroatoms. The second kappa shape index (κ2) is 15.0. The number of alkyl halides is 1. The molecule has 1 aliphatic heterocycles. The van der Waals surface area contributed by atoms with Crippen LogP contribution in [0.3, 0.4) is 0 Å². The molecule has 1 aromatic rings. The van der Waals surface area contributed by atoms with E-state index in [1.807, 2.05) is 18.8 Å². The highest BCUT2D eigenvalue weighted by atomic mass is 33.1. The van der Waals surface area contributed by atoms with E-state index in [1.54, 1.807) is 24.6 Å². The van der Waals surface area contributed by atoms with Gasteiger partial charge in [0, 0.05) is 17.5 Å². The topological polar surface area (TPSA) is 176 Å². The van der Waals surface area contributed by atoms with Crippen molar-refractivity contribution in [2.45, 2.75) is 64.0 Å². The van der Waals surface area contributed by atoms with Crippen LogP contribution in [0.15, 0.2) is 21.9 Å². The third-order valence-corrected chi connectivity index (χ3v) is 9.09. The fraction of sp³-hybridized carbons (Fsp3) is 0.762. The monoisotopic (exact) mass is 604 g/mol. The lowest BCUT2D eigenvalue weighted by Crippen LogP contribution is -2.41. The smallest absolute Gasteiger partial charge is 0.465 e. The van der Waals surface area contributed by atoms with Crippen LogP contribution in [0.1, 0.15) is 40.3 Å². The maximum absolute atomic E-state index is 15.3. The van der Waals surface area contributed by atoms with Gasteiger partial charge < -0.3 is 24.2 Å². The van der Waals surface area contributed by atoms with Gasteiger partial charge in [-0.05, 0) is 13.3 Å². The van der Waals surface area contributed by atoms with Crippen LogP contribution in [0, 0.1) is 5.41 Å². The number of hydrogen-bond donors (Lipinski definition) is 3. The fourth-order valence-electron chi connectivity index (χ4n) is 3.43. The van der Waals surface area contributed by atoms with Gasteiger partial charge in [-0.2, -0.15) is 0 Å². The fourth-order valence-corrected chi connectivity index (χ4v) is 6.13. The lowest BCUT2D eigenvalue weighted by molar-refractivity contribution is -0.162. The Hall–Kier alpha value is -1.23. The number of aromatic nitrogens is 2. The quantitative estimate of drug-likeness (QED) is 0.0822. The summed E-state index contributed by atoms with van der Waals surface area (Å²) in [7, 11) is -2.03. The number of carbonyl (C=O) groups is 1. The molecule has 218 valence electrons. The zero-order valence-electron chi connectivity index (χ0n) is 21.4. The van der Waals surface area contributed by atoms with Gasteiger partial charge in [-0.1, -0.05) is 42.4 Å². The molecule has 1 fully saturated rings. The Balaban J connectivity index is 2.14. The van der Waals surface area contributed by atoms with Crippen molar-refractivity contribution in [3.05, 3.63) is 33.1 Å². The van der Waals surface area contributed by atoms with E-state index < -0.39 is 68.3 Å². The lowest BCUT2D eigenvalue weighted by Gasteiger charge is -2.30. The summed E-state index contributed by atoms with van der Waals surface area (Å²) in [5.41, 5.74) is -3.16. The first-order valence-corrected chi connectivity index (χ1v) is 15.7. The number of halogens is 1. The van der Waals surface area contributed by atoms with Crippen LogP contribution >= 0.6 is 29.4 Å². The molecule has 3 unspecified atom stereocenters. The summed E-state index contributed by atoms with van der Waals surface area (Å²) in [6, 6.07) is 0.960. The van der Waals surface area contributed by atoms with Crippen LogP contribution in [0.25, 0.3) is 0 Å². The van der Waals surface area contributed by atoms with E-state index in [4.69, 9.17) is 23.3 Å². The van der Waals surface area contributed by atoms with Crippen LogP contribution in [0.5, 0.6) is 0 Å². The number of aliphatic hydroxyl groups excluding tert-OH is 1. The maximum atomic E-state index is 15.3. The number of esters is 1. The van der Waals surface area contributed by atoms with E-state index in [1.165, 1.54) is 10.8 Å². The number of nitrogens with one attached hydrogen (secondary N) is 1. The van der Waals surface area contributed by atoms with Crippen molar-refractivity contribution in [3.63, 3.8) is 0 Å². The molecule has 0 spiro atoms. The molecule has 0 aliphatic carbocycles. The molecule has 0 aromatic carbocycles. The number of aliphatic hydroxyl groups is 1. The molecule has 0 bridgehead atoms. The Morgan fingerprint density at radius 1 is 1.34 bits per heavy atom. The highest BCUT2D eigenvalue weighted by Gasteiger charge is 2.51. The van der Waals surface area contributed by atoms with Crippen molar-refractivity contribution < 1.29 is 47.0 Å². The van der Waals surface area contributed by atoms with Crippen molar-refractivity contribution in [2.24, 2.45) is 5.41 Å². The minimum atomic E-state index is -5.04. The van der Waals surface area contributed by atoms with Gasteiger partial charge in [0.15, 0.2) is 12.4 Å². The molecular weight excluding hydrogens is 570 g/mol. The minimum Gasteiger partial charge on any atom is -0.465 e. The van der Waals surface area contributed by atoms with Gasteiger partial charge in [-0.15, -0.1) is 0 Å². The third-order valence-electron chi connectivity index (χ3n) is 5.49. The van der Waals surface area contributed by atoms with E-state index in [0.29, 0.717) is 5.25 Å². The van der Waals surface area contributed by atoms with Crippen LogP contribution in [-0.4, -0.2) is 81.5 Å². The normalized spacial score (nSPS) is 24.7. The van der Waals surface area contributed by atoms with E-state index in [9.17, 15) is 28.9 Å². The number of phosphoric acid groups is 1. The first-order chi connectivity index (χ1) is 17.9. The Morgan fingerprint density at radius 2 is 2.05 bits per heavy atom. The molecule has 1 aliphatic rings. The Labute approximate surface area is 226 Å². The molecule has 13 nitrogen and oxygen atoms in total. The summed E-state index contributed by atoms with van der Waals surface area (Å²) in [4.78, 5) is 48.4. The molecule has 0 amide bonds. The number of phosphoric ester groups is 1. The molecule has 2 heterocycles. The Kier molecular flexibility index (Phi) is 13.0. The number of carbonyl (C=O) groups excluding carboxylic acids is 1. The summed E-state index contributed by atoms with van der Waals surface area (Å²) in [5, 5.41) is 9.98. The zero-order chi connectivity index (χ0) is 28.5. The van der Waals surface area contributed by atoms with Gasteiger partial charge in [0.1, 0.15) is 23.6 Å². The van der Waals surface area contributed by atoms with Crippen molar-refractivity contribution in [3.8, 4) is 0 Å². The van der Waals surface area contributed by atoms with E-state index in [0.717, 1.165) is 16.8 Å². The molecule has 3 N–H and O–H groups in total. The molecule has 1 saturated heterocycles. The van der Waals surface area contributed by atoms with Gasteiger partial charge in [0.2, 0.25) is 0 Å². The van der Waals surface area contributed by atoms with Gasteiger partial charge in [-0.3, -0.25) is 28.2 Å². The van der Waals surface area contributed by atoms with E-state index in [2.05, 4.69) is 0 Å². The maximum Gasteiger partial charge on any atom is 0.472 e. The summed E-state index contributed by atoms with van der Waals surface area (Å²) >= 11 is 0. The van der Waals surface area contributed by atoms with Crippen molar-refractivity contribution in [1.82, 2.24) is 9.55 Å². The zero-order valence-corrected chi connectivity index (χ0v) is 24.0. The van der Waals surface area contributed by atoms with E-state index in [-0.39, 0.29) is 25.6 Å². The van der Waals surface area contributed by atoms with Gasteiger partial charge >= 0.3 is 19.5 Å². The van der Waals surface area contributed by atoms with Crippen LogP contribution < -0.4 is 11.2 Å². The van der Waals surface area contributed by atoms with Crippen molar-refractivity contribution >= 4 is 35.4 Å². The second-order valence-electron chi connectivity index (χ2n) is 8.61. The van der Waals surface area contributed by atoms with Gasteiger partial charge in [-0.25, -0.2) is 13.8 Å². The average molecular weight is 605 g/mol. The van der Waals surface area contributed by atoms with Crippen molar-refractivity contribution in [2.75, 3.05) is 32.4 Å². The molecule has 0 saturated carbocycles. The third kappa shape index (κ3) is 8.89. The first kappa shape index (κ1) is 33.0. The van der Waals surface area contributed by atoms with Crippen LogP contribution in [0.2, 0.25) is 0 Å². The van der Waals surface area contributed by atoms with Gasteiger partial charge in [0.05, 0.1) is 26.4 Å². The standard InChI is InChI=1S/C21H34FN2O11PS2/c1-5-21(19(27)32-6-2,10-31-12-37-38-13(3)4)11-33-36(29,30)35-17-14(9-25)34-18(16(17)22)24-8-7-15(26)23-20(24)28/h7-8,13-14,16-18,25H,5-6,9-12H2,1-4H3,(H,29,30)(H,23,26,28)/t14-,16+,17?,18-,21?/m1/s1.